The van der Waals surface area contributed by atoms with Crippen LogP contribution < -0.4 is 10.0 Å². The van der Waals surface area contributed by atoms with Gasteiger partial charge >= 0.3 is 0 Å². The van der Waals surface area contributed by atoms with Crippen LogP contribution in [0.15, 0.2) is 12.4 Å². The molecule has 1 aliphatic carbocycles. The van der Waals surface area contributed by atoms with Gasteiger partial charge in [-0.3, -0.25) is 5.14 Å². The molecule has 1 saturated carbocycles. The number of hydrogen-bond donors (Lipinski definition) is 1. The quantitative estimate of drug-likeness (QED) is 0.853. The first kappa shape index (κ1) is 15.5. The zero-order valence-electron chi connectivity index (χ0n) is 13.4. The maximum absolute atomic E-state index is 6.23. The van der Waals surface area contributed by atoms with Crippen LogP contribution in [0.25, 0.3) is 5.52 Å². The summed E-state index contributed by atoms with van der Waals surface area (Å²) >= 11 is 7.60. The molecule has 1 spiro atoms. The van der Waals surface area contributed by atoms with E-state index in [1.807, 2.05) is 6.07 Å². The Labute approximate surface area is 145 Å². The number of nitrogens with zero attached hydrogens (tertiary/aromatic N) is 5. The Kier molecular flexibility index (Phi) is 3.72. The first-order chi connectivity index (χ1) is 11.1. The van der Waals surface area contributed by atoms with Gasteiger partial charge in [-0.2, -0.15) is 5.10 Å². The van der Waals surface area contributed by atoms with Crippen LogP contribution in [0.5, 0.6) is 0 Å². The van der Waals surface area contributed by atoms with Crippen molar-refractivity contribution in [3.63, 3.8) is 0 Å². The van der Waals surface area contributed by atoms with Crippen molar-refractivity contribution in [2.24, 2.45) is 10.6 Å². The lowest BCUT2D eigenvalue weighted by Gasteiger charge is -2.60. The smallest absolute Gasteiger partial charge is 0.156 e. The lowest BCUT2D eigenvalue weighted by Crippen LogP contribution is -2.66. The zero-order valence-corrected chi connectivity index (χ0v) is 14.9. The van der Waals surface area contributed by atoms with Gasteiger partial charge in [0.1, 0.15) is 17.0 Å². The molecular weight excluding hydrogens is 332 g/mol. The van der Waals surface area contributed by atoms with Crippen molar-refractivity contribution in [1.29, 1.82) is 0 Å². The van der Waals surface area contributed by atoms with E-state index in [-0.39, 0.29) is 0 Å². The molecule has 0 unspecified atom stereocenters. The second-order valence-corrected chi connectivity index (χ2v) is 7.82. The fourth-order valence-electron chi connectivity index (χ4n) is 4.12. The topological polar surface area (TPSA) is 62.7 Å². The van der Waals surface area contributed by atoms with Gasteiger partial charge in [0.15, 0.2) is 5.82 Å². The Bertz CT molecular complexity index is 729. The van der Waals surface area contributed by atoms with Crippen molar-refractivity contribution in [1.82, 2.24) is 18.9 Å². The normalized spacial score (nSPS) is 20.3. The second kappa shape index (κ2) is 5.51. The van der Waals surface area contributed by atoms with Gasteiger partial charge in [0.25, 0.3) is 0 Å². The van der Waals surface area contributed by atoms with Gasteiger partial charge in [-0.15, -0.1) is 0 Å². The zero-order chi connectivity index (χ0) is 16.2. The molecule has 8 heteroatoms. The molecule has 3 heterocycles. The van der Waals surface area contributed by atoms with E-state index >= 15 is 0 Å². The molecule has 2 N–H and O–H groups in total. The van der Waals surface area contributed by atoms with Gasteiger partial charge in [0.05, 0.1) is 0 Å². The molecule has 2 aromatic rings. The summed E-state index contributed by atoms with van der Waals surface area (Å²) in [7, 11) is 0. The van der Waals surface area contributed by atoms with Crippen LogP contribution in [0.1, 0.15) is 25.3 Å². The van der Waals surface area contributed by atoms with E-state index in [0.717, 1.165) is 36.5 Å². The molecule has 0 bridgehead atoms. The number of halogens is 1. The van der Waals surface area contributed by atoms with Crippen molar-refractivity contribution in [2.45, 2.75) is 32.7 Å². The highest BCUT2D eigenvalue weighted by atomic mass is 35.5. The van der Waals surface area contributed by atoms with Crippen LogP contribution in [-0.4, -0.2) is 44.6 Å². The highest BCUT2D eigenvalue weighted by molar-refractivity contribution is 7.94. The third kappa shape index (κ3) is 2.33. The summed E-state index contributed by atoms with van der Waals surface area (Å²) in [6.45, 7) is 7.34. The molecule has 124 valence electrons. The number of fused-ring (bicyclic) bond motifs is 1. The van der Waals surface area contributed by atoms with E-state index in [2.05, 4.69) is 33.1 Å². The number of aromatic nitrogens is 3. The predicted molar refractivity (Wildman–Crippen MR) is 94.6 cm³/mol. The lowest BCUT2D eigenvalue weighted by atomic mass is 9.60. The van der Waals surface area contributed by atoms with Crippen molar-refractivity contribution in [3.05, 3.63) is 23.1 Å². The molecule has 2 aliphatic rings. The van der Waals surface area contributed by atoms with Crippen molar-refractivity contribution in [3.8, 4) is 0 Å². The molecule has 2 fully saturated rings. The van der Waals surface area contributed by atoms with E-state index in [9.17, 15) is 0 Å². The van der Waals surface area contributed by atoms with E-state index in [1.54, 1.807) is 10.8 Å². The SMILES string of the molecule is CCN(SN)C1CC2(C1)CN(c1ncnn3c(Cl)cc(C)c13)C2. The van der Waals surface area contributed by atoms with Gasteiger partial charge < -0.3 is 4.90 Å². The highest BCUT2D eigenvalue weighted by Crippen LogP contribution is 2.52. The number of rotatable bonds is 4. The van der Waals surface area contributed by atoms with Crippen LogP contribution in [0.3, 0.4) is 0 Å². The van der Waals surface area contributed by atoms with Crippen LogP contribution in [0.2, 0.25) is 5.15 Å². The summed E-state index contributed by atoms with van der Waals surface area (Å²) in [5.74, 6) is 0.999. The number of aryl methyl sites for hydroxylation is 1. The Morgan fingerprint density at radius 1 is 1.48 bits per heavy atom. The van der Waals surface area contributed by atoms with Crippen LogP contribution in [-0.2, 0) is 0 Å². The van der Waals surface area contributed by atoms with Crippen molar-refractivity contribution in [2.75, 3.05) is 24.5 Å². The second-order valence-electron chi connectivity index (χ2n) is 6.75. The van der Waals surface area contributed by atoms with Gasteiger partial charge in [-0.25, -0.2) is 13.8 Å². The molecule has 0 atom stereocenters. The van der Waals surface area contributed by atoms with E-state index in [1.165, 1.54) is 25.0 Å². The lowest BCUT2D eigenvalue weighted by molar-refractivity contribution is 0.0184. The predicted octanol–water partition coefficient (Wildman–Crippen LogP) is 2.50. The Morgan fingerprint density at radius 3 is 2.87 bits per heavy atom. The standard InChI is InChI=1S/C15H21ClN6S/c1-3-21(23-17)11-5-15(6-11)7-20(8-15)14-13-10(2)4-12(16)22(13)19-9-18-14/h4,9,11H,3,5-8,17H2,1-2H3. The number of nitrogens with two attached hydrogens (primary N) is 1. The fourth-order valence-corrected chi connectivity index (χ4v) is 4.89. The third-order valence-corrected chi connectivity index (χ3v) is 6.32. The molecular formula is C15H21ClN6S. The van der Waals surface area contributed by atoms with E-state index in [0.29, 0.717) is 16.6 Å². The van der Waals surface area contributed by atoms with Gasteiger partial charge in [-0.1, -0.05) is 18.5 Å². The Balaban J connectivity index is 1.50. The first-order valence-electron chi connectivity index (χ1n) is 7.94. The van der Waals surface area contributed by atoms with Crippen molar-refractivity contribution >= 4 is 35.1 Å². The Hall–Kier alpha value is -1.02. The molecule has 0 aromatic carbocycles. The summed E-state index contributed by atoms with van der Waals surface area (Å²) in [6.07, 6.45) is 4.04. The van der Waals surface area contributed by atoms with E-state index in [4.69, 9.17) is 16.7 Å². The first-order valence-corrected chi connectivity index (χ1v) is 9.15. The van der Waals surface area contributed by atoms with Gasteiger partial charge in [0, 0.05) is 43.2 Å². The molecule has 1 aliphatic heterocycles. The summed E-state index contributed by atoms with van der Waals surface area (Å²) in [5, 5.41) is 10.6. The average Bonchev–Trinajstić information content (AvgIpc) is 2.76. The molecule has 0 amide bonds. The summed E-state index contributed by atoms with van der Waals surface area (Å²) in [6, 6.07) is 2.56. The molecule has 1 saturated heterocycles. The molecule has 2 aromatic heterocycles. The third-order valence-electron chi connectivity index (χ3n) is 5.23. The summed E-state index contributed by atoms with van der Waals surface area (Å²) in [5.41, 5.74) is 2.59. The minimum absolute atomic E-state index is 0.444. The minimum atomic E-state index is 0.444. The van der Waals surface area contributed by atoms with Gasteiger partial charge in [-0.05, 0) is 31.4 Å². The molecule has 23 heavy (non-hydrogen) atoms. The van der Waals surface area contributed by atoms with Gasteiger partial charge in [0.2, 0.25) is 0 Å². The highest BCUT2D eigenvalue weighted by Gasteiger charge is 2.54. The fraction of sp³-hybridized carbons (Fsp3) is 0.600. The maximum atomic E-state index is 6.23. The Morgan fingerprint density at radius 2 is 2.22 bits per heavy atom. The average molecular weight is 353 g/mol. The largest absolute Gasteiger partial charge is 0.354 e. The van der Waals surface area contributed by atoms with Crippen molar-refractivity contribution < 1.29 is 0 Å². The monoisotopic (exact) mass is 352 g/mol. The molecule has 0 radical (unpaired) electrons. The molecule has 6 nitrogen and oxygen atoms in total. The maximum Gasteiger partial charge on any atom is 0.156 e. The van der Waals surface area contributed by atoms with E-state index < -0.39 is 0 Å². The minimum Gasteiger partial charge on any atom is -0.354 e. The van der Waals surface area contributed by atoms with Crippen LogP contribution in [0, 0.1) is 12.3 Å². The molecule has 4 rings (SSSR count). The summed E-state index contributed by atoms with van der Waals surface area (Å²) in [4.78, 5) is 6.86. The van der Waals surface area contributed by atoms with Crippen LogP contribution >= 0.6 is 23.7 Å². The number of hydrogen-bond acceptors (Lipinski definition) is 6. The summed E-state index contributed by atoms with van der Waals surface area (Å²) < 4.78 is 4.06. The van der Waals surface area contributed by atoms with Crippen LogP contribution in [0.4, 0.5) is 5.82 Å². The number of anilines is 1.